The molecular weight excluding hydrogens is 1570 g/mol. The molecule has 21 rings (SSSR count). The van der Waals surface area contributed by atoms with Gasteiger partial charge in [-0.1, -0.05) is 361 Å². The number of aromatic nitrogens is 11. The van der Waals surface area contributed by atoms with Crippen molar-refractivity contribution in [1.29, 1.82) is 0 Å². The van der Waals surface area contributed by atoms with Crippen LogP contribution in [0.4, 0.5) is 0 Å². The Kier molecular flexibility index (Phi) is 21.2. The van der Waals surface area contributed by atoms with Crippen LogP contribution in [0.3, 0.4) is 0 Å². The third kappa shape index (κ3) is 16.0. The lowest BCUT2D eigenvalue weighted by Gasteiger charge is -2.31. The van der Waals surface area contributed by atoms with Gasteiger partial charge in [0.05, 0.1) is 33.6 Å². The minimum atomic E-state index is -0.127. The van der Waals surface area contributed by atoms with Gasteiger partial charge >= 0.3 is 0 Å². The van der Waals surface area contributed by atoms with Crippen LogP contribution in [0, 0.1) is 0 Å². The second-order valence-electron chi connectivity index (χ2n) is 40.5. The van der Waals surface area contributed by atoms with E-state index in [2.05, 4.69) is 318 Å². The molecule has 0 aliphatic rings. The Morgan fingerprint density at radius 2 is 0.496 bits per heavy atom. The minimum Gasteiger partial charge on any atom is -0.291 e. The van der Waals surface area contributed by atoms with Crippen molar-refractivity contribution in [2.24, 2.45) is 0 Å². The number of hydrogen-bond acceptors (Lipinski definition) is 10. The van der Waals surface area contributed by atoms with E-state index < -0.39 is 0 Å². The second-order valence-corrected chi connectivity index (χ2v) is 40.5. The smallest absolute Gasteiger partial charge is 0.234 e. The molecule has 0 unspecified atom stereocenters. The summed E-state index contributed by atoms with van der Waals surface area (Å²) >= 11 is 0. The molecule has 0 amide bonds. The van der Waals surface area contributed by atoms with Gasteiger partial charge in [0, 0.05) is 108 Å². The van der Waals surface area contributed by atoms with Crippen molar-refractivity contribution in [1.82, 2.24) is 54.2 Å². The van der Waals surface area contributed by atoms with Crippen LogP contribution in [-0.4, -0.2) is 54.2 Å². The summed E-state index contributed by atoms with van der Waals surface area (Å²) in [5.74, 6) is 3.43. The zero-order chi connectivity index (χ0) is 89.8. The van der Waals surface area contributed by atoms with Crippen LogP contribution in [0.15, 0.2) is 322 Å². The van der Waals surface area contributed by atoms with E-state index >= 15 is 0 Å². The molecule has 7 heterocycles. The third-order valence-electron chi connectivity index (χ3n) is 24.9. The van der Waals surface area contributed by atoms with E-state index in [1.165, 1.54) is 120 Å². The summed E-state index contributed by atoms with van der Waals surface area (Å²) in [6.45, 7) is 41.6. The number of rotatable bonds is 8. The van der Waals surface area contributed by atoms with Gasteiger partial charge in [0.15, 0.2) is 23.3 Å². The van der Waals surface area contributed by atoms with E-state index in [1.54, 1.807) is 6.20 Å². The van der Waals surface area contributed by atoms with E-state index in [4.69, 9.17) is 44.9 Å². The lowest BCUT2D eigenvalue weighted by Crippen LogP contribution is -2.18. The average molecular weight is 1680 g/mol. The highest BCUT2D eigenvalue weighted by molar-refractivity contribution is 6.20. The molecule has 0 N–H and O–H groups in total. The summed E-state index contributed by atoms with van der Waals surface area (Å²) in [5, 5.41) is 18.7. The van der Waals surface area contributed by atoms with Crippen LogP contribution in [0.25, 0.3) is 194 Å². The maximum Gasteiger partial charge on any atom is 0.234 e. The van der Waals surface area contributed by atoms with Crippen LogP contribution in [0.5, 0.6) is 0 Å². The molecule has 0 saturated carbocycles. The van der Waals surface area contributed by atoms with E-state index in [9.17, 15) is 0 Å². The predicted octanol–water partition coefficient (Wildman–Crippen LogP) is 30.8. The molecule has 0 saturated heterocycles. The van der Waals surface area contributed by atoms with Crippen LogP contribution >= 0.6 is 0 Å². The molecule has 14 aromatic carbocycles. The molecule has 21 aromatic rings. The van der Waals surface area contributed by atoms with Crippen LogP contribution < -0.4 is 0 Å². The molecule has 11 nitrogen and oxygen atoms in total. The Morgan fingerprint density at radius 1 is 0.202 bits per heavy atom. The zero-order valence-corrected chi connectivity index (χ0v) is 77.0. The summed E-state index contributed by atoms with van der Waals surface area (Å²) < 4.78 is 1.95. The largest absolute Gasteiger partial charge is 0.291 e. The van der Waals surface area contributed by atoms with Gasteiger partial charge in [-0.3, -0.25) is 19.4 Å². The Labute approximate surface area is 755 Å². The van der Waals surface area contributed by atoms with Crippen molar-refractivity contribution in [3.8, 4) is 90.5 Å². The topological polar surface area (TPSA) is 133 Å². The monoisotopic (exact) mass is 1680 g/mol. The number of fused-ring (bicyclic) bond motifs is 13. The molecule has 0 spiro atoms. The van der Waals surface area contributed by atoms with Gasteiger partial charge in [0.1, 0.15) is 0 Å². The molecule has 0 radical (unpaired) electrons. The Morgan fingerprint density at radius 3 is 0.853 bits per heavy atom. The van der Waals surface area contributed by atoms with Crippen molar-refractivity contribution in [2.75, 3.05) is 0 Å². The Hall–Kier alpha value is -14.4. The fourth-order valence-corrected chi connectivity index (χ4v) is 19.6. The van der Waals surface area contributed by atoms with E-state index in [0.717, 1.165) is 83.8 Å². The highest BCUT2D eigenvalue weighted by Gasteiger charge is 2.34. The van der Waals surface area contributed by atoms with Gasteiger partial charge in [-0.25, -0.2) is 34.9 Å². The summed E-state index contributed by atoms with van der Waals surface area (Å²) in [5.41, 5.74) is 22.9. The number of nitrogens with zero attached hydrogens (tertiary/aromatic N) is 11. The fourth-order valence-electron chi connectivity index (χ4n) is 19.6. The van der Waals surface area contributed by atoms with Crippen molar-refractivity contribution >= 4 is 103 Å². The van der Waals surface area contributed by atoms with Crippen molar-refractivity contribution in [3.63, 3.8) is 0 Å². The van der Waals surface area contributed by atoms with Crippen molar-refractivity contribution < 1.29 is 0 Å². The maximum atomic E-state index is 5.15. The molecule has 0 bridgehead atoms. The second kappa shape index (κ2) is 32.5. The average Bonchev–Trinajstić information content (AvgIpc) is 0.776. The summed E-state index contributed by atoms with van der Waals surface area (Å²) in [6.07, 6.45) is 11.5. The van der Waals surface area contributed by atoms with E-state index in [1.807, 2.05) is 132 Å². The third-order valence-corrected chi connectivity index (χ3v) is 24.9. The molecule has 7 aromatic heterocycles. The molecule has 11 heteroatoms. The van der Waals surface area contributed by atoms with Crippen molar-refractivity contribution in [2.45, 2.75) is 157 Å². The zero-order valence-electron chi connectivity index (χ0n) is 77.0. The highest BCUT2D eigenvalue weighted by Crippen LogP contribution is 2.52. The standard InChI is InChI=1S/C41H37N3.C40H36N4.C37H34N4/c1-40(2,3)36-31-22-19-28-18-13-23-42-38(28)35(31)37(41(4,5)6)30-21-20-29(24-32(30)36)39-43-33(26-14-9-7-10-15-26)25-34(44-39)27-16-11-8-12-17-27;1-39(2,3)33-30-22-19-25-18-13-23-41-35(25)32(30)34(40(4,5)6)29-21-20-28(24-31(29)33)38-43-36(26-14-9-7-10-15-26)42-37(44-38)27-16-11-8-12-17-27;1-36(2,3)32-28-17-14-25-9-7-18-38-34(25)31(28)33(37(4,5)6)27-16-15-26(21-29(27)32)23-10-12-24(13-11-23)30-22-41-20-8-19-39-35(41)40-30/h7-25H,1-6H3;7-24H,1-6H3;7-22H,1-6H3. The summed E-state index contributed by atoms with van der Waals surface area (Å²) in [4.78, 5) is 49.1. The first-order valence-corrected chi connectivity index (χ1v) is 44.9. The lowest BCUT2D eigenvalue weighted by atomic mass is 9.73. The highest BCUT2D eigenvalue weighted by atomic mass is 15.1. The van der Waals surface area contributed by atoms with Gasteiger partial charge in [0.2, 0.25) is 5.78 Å². The van der Waals surface area contributed by atoms with E-state index in [0.29, 0.717) is 23.3 Å². The number of benzene rings is 14. The molecule has 129 heavy (non-hydrogen) atoms. The minimum absolute atomic E-state index is 0.0605. The van der Waals surface area contributed by atoms with Gasteiger partial charge < -0.3 is 0 Å². The molecular formula is C118H107N11. The van der Waals surface area contributed by atoms with Crippen LogP contribution in [0.1, 0.15) is 158 Å². The number of hydrogen-bond donors (Lipinski definition) is 0. The molecule has 0 fully saturated rings. The summed E-state index contributed by atoms with van der Waals surface area (Å²) in [6, 6.07) is 101. The quantitative estimate of drug-likeness (QED) is 0.107. The molecule has 0 aliphatic carbocycles. The fraction of sp³-hybridized carbons (Fsp3) is 0.203. The van der Waals surface area contributed by atoms with Crippen LogP contribution in [0.2, 0.25) is 0 Å². The molecule has 634 valence electrons. The number of pyridine rings is 3. The van der Waals surface area contributed by atoms with Gasteiger partial charge in [0.25, 0.3) is 0 Å². The van der Waals surface area contributed by atoms with E-state index in [-0.39, 0.29) is 32.5 Å². The first kappa shape index (κ1) is 84.1. The van der Waals surface area contributed by atoms with Crippen molar-refractivity contribution in [3.05, 3.63) is 356 Å². The number of imidazole rings is 1. The first-order valence-electron chi connectivity index (χ1n) is 44.9. The Balaban J connectivity index is 0.000000126. The molecule has 0 aliphatic heterocycles. The molecule has 0 atom stereocenters. The summed E-state index contributed by atoms with van der Waals surface area (Å²) in [7, 11) is 0. The maximum absolute atomic E-state index is 5.15. The van der Waals surface area contributed by atoms with Gasteiger partial charge in [-0.2, -0.15) is 0 Å². The normalized spacial score (nSPS) is 12.4. The predicted molar refractivity (Wildman–Crippen MR) is 541 cm³/mol. The van der Waals surface area contributed by atoms with Crippen LogP contribution in [-0.2, 0) is 32.5 Å². The SMILES string of the molecule is CC(C)(C)c1c2cc(-c3ccc(-c4cn5cccnc5n4)cc3)ccc2c(C(C)(C)C)c2c1ccc1cccnc12.CC(C)(C)c1c2cc(-c3nc(-c4ccccc4)cc(-c4ccccc4)n3)ccc2c(C(C)(C)C)c2c1ccc1cccnc12.CC(C)(C)c1c2cc(-c3nc(-c4ccccc4)nc(-c4ccccc4)n3)ccc2c(C(C)(C)C)c2c1ccc1cccnc12. The lowest BCUT2D eigenvalue weighted by molar-refractivity contribution is 0.593. The Bertz CT molecular complexity index is 7470. The van der Waals surface area contributed by atoms with Gasteiger partial charge in [-0.15, -0.1) is 0 Å². The van der Waals surface area contributed by atoms with Gasteiger partial charge in [-0.05, 0) is 174 Å². The first-order chi connectivity index (χ1) is 61.8.